The van der Waals surface area contributed by atoms with Crippen molar-refractivity contribution in [3.8, 4) is 0 Å². The summed E-state index contributed by atoms with van der Waals surface area (Å²) in [7, 11) is -3.45. The molecule has 150 valence electrons. The Morgan fingerprint density at radius 1 is 1.11 bits per heavy atom. The zero-order chi connectivity index (χ0) is 20.9. The van der Waals surface area contributed by atoms with Crippen molar-refractivity contribution >= 4 is 38.8 Å². The quantitative estimate of drug-likeness (QED) is 0.636. The molecule has 0 saturated heterocycles. The molecule has 2 aromatic carbocycles. The molecule has 28 heavy (non-hydrogen) atoms. The van der Waals surface area contributed by atoms with Crippen LogP contribution in [0.4, 0.5) is 13.2 Å². The minimum absolute atomic E-state index is 0.0384. The molecule has 4 nitrogen and oxygen atoms in total. The van der Waals surface area contributed by atoms with Gasteiger partial charge in [-0.2, -0.15) is 13.2 Å². The molecule has 0 saturated carbocycles. The van der Waals surface area contributed by atoms with E-state index in [1.165, 1.54) is 24.3 Å². The van der Waals surface area contributed by atoms with E-state index in [9.17, 15) is 21.6 Å². The average molecular weight is 452 g/mol. The zero-order valence-electron chi connectivity index (χ0n) is 14.6. The Kier molecular flexibility index (Phi) is 5.19. The molecule has 10 heteroatoms. The first-order valence-electron chi connectivity index (χ1n) is 7.93. The van der Waals surface area contributed by atoms with Gasteiger partial charge in [0.05, 0.1) is 10.6 Å². The first-order chi connectivity index (χ1) is 12.8. The zero-order valence-corrected chi connectivity index (χ0v) is 17.0. The van der Waals surface area contributed by atoms with Crippen molar-refractivity contribution in [3.05, 3.63) is 63.1 Å². The van der Waals surface area contributed by atoms with Crippen molar-refractivity contribution in [2.75, 3.05) is 6.26 Å². The molecular formula is C18H14Cl2F3NO3S. The summed E-state index contributed by atoms with van der Waals surface area (Å²) in [6.45, 7) is 1.56. The summed E-state index contributed by atoms with van der Waals surface area (Å²) in [6.07, 6.45) is -4.35. The molecule has 1 atom stereocenters. The SMILES string of the molecule is Cc1cc(C2=NOC(c3cc(Cl)cc(Cl)c3)(C(F)(F)F)C2)ccc1S(C)(=O)=O. The summed E-state index contributed by atoms with van der Waals surface area (Å²) >= 11 is 11.7. The Bertz CT molecular complexity index is 1060. The third-order valence-corrected chi connectivity index (χ3v) is 6.12. The lowest BCUT2D eigenvalue weighted by Gasteiger charge is -2.29. The molecule has 0 aromatic heterocycles. The molecule has 0 amide bonds. The Hall–Kier alpha value is -1.77. The van der Waals surface area contributed by atoms with Gasteiger partial charge in [-0.3, -0.25) is 0 Å². The van der Waals surface area contributed by atoms with Crippen LogP contribution in [0.3, 0.4) is 0 Å². The first-order valence-corrected chi connectivity index (χ1v) is 10.6. The maximum atomic E-state index is 14.0. The van der Waals surface area contributed by atoms with Gasteiger partial charge in [0, 0.05) is 28.3 Å². The molecule has 0 fully saturated rings. The molecule has 1 aliphatic rings. The highest BCUT2D eigenvalue weighted by atomic mass is 35.5. The van der Waals surface area contributed by atoms with E-state index >= 15 is 0 Å². The summed E-state index contributed by atoms with van der Waals surface area (Å²) in [5.74, 6) is 0. The second kappa shape index (κ2) is 6.93. The highest BCUT2D eigenvalue weighted by molar-refractivity contribution is 7.90. The van der Waals surface area contributed by atoms with Gasteiger partial charge < -0.3 is 4.84 Å². The number of benzene rings is 2. The van der Waals surface area contributed by atoms with E-state index in [1.807, 2.05) is 0 Å². The number of halogens is 5. The minimum atomic E-state index is -4.80. The monoisotopic (exact) mass is 451 g/mol. The number of sulfone groups is 1. The molecule has 1 aliphatic heterocycles. The lowest BCUT2D eigenvalue weighted by molar-refractivity contribution is -0.275. The van der Waals surface area contributed by atoms with Crippen LogP contribution in [-0.4, -0.2) is 26.6 Å². The summed E-state index contributed by atoms with van der Waals surface area (Å²) in [5, 5.41) is 3.73. The van der Waals surface area contributed by atoms with Crippen LogP contribution in [0, 0.1) is 6.92 Å². The van der Waals surface area contributed by atoms with Crippen LogP contribution in [-0.2, 0) is 20.3 Å². The highest BCUT2D eigenvalue weighted by Gasteiger charge is 2.62. The van der Waals surface area contributed by atoms with Crippen LogP contribution < -0.4 is 0 Å². The van der Waals surface area contributed by atoms with Gasteiger partial charge in [-0.05, 0) is 48.4 Å². The van der Waals surface area contributed by atoms with E-state index in [4.69, 9.17) is 28.0 Å². The predicted molar refractivity (Wildman–Crippen MR) is 101 cm³/mol. The lowest BCUT2D eigenvalue weighted by atomic mass is 9.86. The molecule has 1 heterocycles. The van der Waals surface area contributed by atoms with Crippen molar-refractivity contribution in [2.45, 2.75) is 30.0 Å². The van der Waals surface area contributed by atoms with E-state index in [0.717, 1.165) is 18.4 Å². The normalized spacial score (nSPS) is 20.0. The van der Waals surface area contributed by atoms with Gasteiger partial charge in [0.25, 0.3) is 5.60 Å². The molecule has 1 unspecified atom stereocenters. The predicted octanol–water partition coefficient (Wildman–Crippen LogP) is 5.29. The van der Waals surface area contributed by atoms with E-state index < -0.39 is 28.0 Å². The molecule has 3 rings (SSSR count). The summed E-state index contributed by atoms with van der Waals surface area (Å²) in [5.41, 5.74) is -2.22. The van der Waals surface area contributed by atoms with Crippen molar-refractivity contribution in [3.63, 3.8) is 0 Å². The maximum Gasteiger partial charge on any atom is 0.435 e. The van der Waals surface area contributed by atoms with Crippen LogP contribution in [0.15, 0.2) is 46.4 Å². The van der Waals surface area contributed by atoms with E-state index in [1.54, 1.807) is 6.92 Å². The number of hydrogen-bond donors (Lipinski definition) is 0. The van der Waals surface area contributed by atoms with Gasteiger partial charge in [0.2, 0.25) is 0 Å². The molecule has 0 aliphatic carbocycles. The molecule has 2 aromatic rings. The van der Waals surface area contributed by atoms with Gasteiger partial charge in [-0.25, -0.2) is 8.42 Å². The third-order valence-electron chi connectivity index (χ3n) is 4.42. The molecule has 0 bridgehead atoms. The van der Waals surface area contributed by atoms with Gasteiger partial charge in [0.15, 0.2) is 9.84 Å². The highest BCUT2D eigenvalue weighted by Crippen LogP contribution is 2.49. The second-order valence-electron chi connectivity index (χ2n) is 6.54. The number of oxime groups is 1. The average Bonchev–Trinajstić information content (AvgIpc) is 2.99. The van der Waals surface area contributed by atoms with Gasteiger partial charge in [-0.1, -0.05) is 34.4 Å². The Labute approximate surface area is 169 Å². The van der Waals surface area contributed by atoms with Crippen molar-refractivity contribution in [1.82, 2.24) is 0 Å². The van der Waals surface area contributed by atoms with E-state index in [-0.39, 0.29) is 26.2 Å². The second-order valence-corrected chi connectivity index (χ2v) is 9.40. The fraction of sp³-hybridized carbons (Fsp3) is 0.278. The summed E-state index contributed by atoms with van der Waals surface area (Å²) in [6, 6.07) is 7.81. The largest absolute Gasteiger partial charge is 0.435 e. The number of rotatable bonds is 3. The third kappa shape index (κ3) is 3.73. The van der Waals surface area contributed by atoms with Crippen LogP contribution in [0.2, 0.25) is 10.0 Å². The van der Waals surface area contributed by atoms with Crippen molar-refractivity contribution in [1.29, 1.82) is 0 Å². The molecule has 0 radical (unpaired) electrons. The molecule has 0 spiro atoms. The topological polar surface area (TPSA) is 55.7 Å². The standard InChI is InChI=1S/C18H14Cl2F3NO3S/c1-10-5-11(3-4-16(10)28(2,25)26)15-9-17(27-24-15,18(21,22)23)12-6-13(19)8-14(20)7-12/h3-8H,9H2,1-2H3. The van der Waals surface area contributed by atoms with E-state index in [2.05, 4.69) is 5.16 Å². The number of alkyl halides is 3. The number of aryl methyl sites for hydroxylation is 1. The van der Waals surface area contributed by atoms with Crippen LogP contribution >= 0.6 is 23.2 Å². The first kappa shape index (κ1) is 21.0. The Balaban J connectivity index is 2.04. The van der Waals surface area contributed by atoms with Crippen LogP contribution in [0.25, 0.3) is 0 Å². The van der Waals surface area contributed by atoms with Gasteiger partial charge in [0.1, 0.15) is 0 Å². The van der Waals surface area contributed by atoms with Crippen molar-refractivity contribution < 1.29 is 26.4 Å². The fourth-order valence-corrected chi connectivity index (χ4v) is 4.58. The van der Waals surface area contributed by atoms with Gasteiger partial charge >= 0.3 is 6.18 Å². The summed E-state index contributed by atoms with van der Waals surface area (Å²) in [4.78, 5) is 5.03. The smallest absolute Gasteiger partial charge is 0.374 e. The Morgan fingerprint density at radius 3 is 2.21 bits per heavy atom. The minimum Gasteiger partial charge on any atom is -0.374 e. The fourth-order valence-electron chi connectivity index (χ4n) is 3.09. The van der Waals surface area contributed by atoms with Crippen LogP contribution in [0.1, 0.15) is 23.1 Å². The molecular weight excluding hydrogens is 438 g/mol. The summed E-state index contributed by atoms with van der Waals surface area (Å²) < 4.78 is 65.5. The van der Waals surface area contributed by atoms with Gasteiger partial charge in [-0.15, -0.1) is 0 Å². The maximum absolute atomic E-state index is 14.0. The van der Waals surface area contributed by atoms with Crippen LogP contribution in [0.5, 0.6) is 0 Å². The number of nitrogens with zero attached hydrogens (tertiary/aromatic N) is 1. The lowest BCUT2D eigenvalue weighted by Crippen LogP contribution is -2.42. The Morgan fingerprint density at radius 2 is 1.71 bits per heavy atom. The number of hydrogen-bond acceptors (Lipinski definition) is 4. The van der Waals surface area contributed by atoms with E-state index in [0.29, 0.717) is 11.1 Å². The van der Waals surface area contributed by atoms with Crippen molar-refractivity contribution in [2.24, 2.45) is 5.16 Å². The molecule has 0 N–H and O–H groups in total.